The summed E-state index contributed by atoms with van der Waals surface area (Å²) in [4.78, 5) is 21.8. The highest BCUT2D eigenvalue weighted by Gasteiger charge is 2.29. The number of rotatable bonds is 5. The van der Waals surface area contributed by atoms with Crippen molar-refractivity contribution in [3.8, 4) is 0 Å². The van der Waals surface area contributed by atoms with E-state index in [-0.39, 0.29) is 5.57 Å². The largest absolute Gasteiger partial charge is 0.433 e. The van der Waals surface area contributed by atoms with Crippen molar-refractivity contribution in [1.29, 1.82) is 0 Å². The van der Waals surface area contributed by atoms with Gasteiger partial charge in [0.1, 0.15) is 0 Å². The standard InChI is InChI=1S/C10H15ClO5/c1-6(2)9(13)14-8(4)16-10(5,11)15-7(3)12/h8H,1H2,2-5H3. The van der Waals surface area contributed by atoms with E-state index in [0.29, 0.717) is 0 Å². The fourth-order valence-electron chi connectivity index (χ4n) is 0.853. The van der Waals surface area contributed by atoms with Crippen LogP contribution in [0.4, 0.5) is 0 Å². The fourth-order valence-corrected chi connectivity index (χ4v) is 1.09. The molecule has 0 spiro atoms. The van der Waals surface area contributed by atoms with Gasteiger partial charge in [-0.05, 0) is 25.4 Å². The summed E-state index contributed by atoms with van der Waals surface area (Å²) in [6.45, 7) is 8.86. The van der Waals surface area contributed by atoms with Gasteiger partial charge in [-0.2, -0.15) is 0 Å². The predicted octanol–water partition coefficient (Wildman–Crippen LogP) is 1.94. The van der Waals surface area contributed by atoms with Crippen molar-refractivity contribution in [2.45, 2.75) is 39.2 Å². The van der Waals surface area contributed by atoms with E-state index in [1.54, 1.807) is 0 Å². The molecule has 0 aromatic rings. The van der Waals surface area contributed by atoms with Crippen LogP contribution in [0.3, 0.4) is 0 Å². The molecule has 0 aliphatic carbocycles. The number of hydrogen-bond donors (Lipinski definition) is 0. The van der Waals surface area contributed by atoms with Crippen LogP contribution in [0.1, 0.15) is 27.7 Å². The summed E-state index contributed by atoms with van der Waals surface area (Å²) in [5.74, 6) is -1.21. The molecule has 2 unspecified atom stereocenters. The number of carbonyl (C=O) groups excluding carboxylic acids is 2. The minimum atomic E-state index is -1.67. The molecular formula is C10H15ClO5. The van der Waals surface area contributed by atoms with Crippen molar-refractivity contribution in [2.24, 2.45) is 0 Å². The monoisotopic (exact) mass is 250 g/mol. The zero-order valence-electron chi connectivity index (χ0n) is 9.70. The van der Waals surface area contributed by atoms with Crippen molar-refractivity contribution >= 4 is 23.5 Å². The first-order valence-electron chi connectivity index (χ1n) is 4.57. The van der Waals surface area contributed by atoms with Crippen LogP contribution >= 0.6 is 11.6 Å². The molecule has 0 rings (SSSR count). The van der Waals surface area contributed by atoms with Crippen LogP contribution in [0.5, 0.6) is 0 Å². The first kappa shape index (κ1) is 14.9. The van der Waals surface area contributed by atoms with Gasteiger partial charge in [-0.1, -0.05) is 6.58 Å². The molecule has 0 amide bonds. The minimum Gasteiger partial charge on any atom is -0.433 e. The van der Waals surface area contributed by atoms with E-state index in [1.807, 2.05) is 0 Å². The van der Waals surface area contributed by atoms with E-state index in [1.165, 1.54) is 27.7 Å². The van der Waals surface area contributed by atoms with Gasteiger partial charge in [-0.15, -0.1) is 0 Å². The van der Waals surface area contributed by atoms with E-state index in [9.17, 15) is 9.59 Å². The topological polar surface area (TPSA) is 61.8 Å². The third kappa shape index (κ3) is 6.42. The number of ether oxygens (including phenoxy) is 3. The second-order valence-corrected chi connectivity index (χ2v) is 3.99. The summed E-state index contributed by atoms with van der Waals surface area (Å²) < 4.78 is 14.4. The van der Waals surface area contributed by atoms with E-state index >= 15 is 0 Å². The molecule has 0 heterocycles. The van der Waals surface area contributed by atoms with Crippen molar-refractivity contribution in [3.05, 3.63) is 12.2 Å². The highest BCUT2D eigenvalue weighted by Crippen LogP contribution is 2.21. The summed E-state index contributed by atoms with van der Waals surface area (Å²) in [6.07, 6.45) is -0.953. The van der Waals surface area contributed by atoms with Crippen molar-refractivity contribution in [2.75, 3.05) is 0 Å². The lowest BCUT2D eigenvalue weighted by Gasteiger charge is -2.25. The highest BCUT2D eigenvalue weighted by atomic mass is 35.5. The molecule has 0 aliphatic heterocycles. The zero-order chi connectivity index (χ0) is 12.9. The Morgan fingerprint density at radius 3 is 2.25 bits per heavy atom. The van der Waals surface area contributed by atoms with Crippen LogP contribution < -0.4 is 0 Å². The van der Waals surface area contributed by atoms with Crippen LogP contribution in [0.25, 0.3) is 0 Å². The molecule has 5 nitrogen and oxygen atoms in total. The Labute approximate surface area is 99.3 Å². The lowest BCUT2D eigenvalue weighted by atomic mass is 10.4. The highest BCUT2D eigenvalue weighted by molar-refractivity contribution is 6.22. The van der Waals surface area contributed by atoms with Gasteiger partial charge in [0.2, 0.25) is 6.29 Å². The third-order valence-electron chi connectivity index (χ3n) is 1.32. The Morgan fingerprint density at radius 1 is 1.38 bits per heavy atom. The first-order valence-corrected chi connectivity index (χ1v) is 4.94. The van der Waals surface area contributed by atoms with Crippen molar-refractivity contribution in [3.63, 3.8) is 0 Å². The van der Waals surface area contributed by atoms with Gasteiger partial charge in [0, 0.05) is 19.4 Å². The quantitative estimate of drug-likeness (QED) is 0.323. The molecule has 0 radical (unpaired) electrons. The summed E-state index contributed by atoms with van der Waals surface area (Å²) in [6, 6.07) is 0. The lowest BCUT2D eigenvalue weighted by molar-refractivity contribution is -0.242. The van der Waals surface area contributed by atoms with Crippen LogP contribution in [0, 0.1) is 0 Å². The minimum absolute atomic E-state index is 0.235. The second-order valence-electron chi connectivity index (χ2n) is 3.30. The Kier molecular flexibility index (Phi) is 5.47. The van der Waals surface area contributed by atoms with Gasteiger partial charge < -0.3 is 9.47 Å². The van der Waals surface area contributed by atoms with E-state index in [0.717, 1.165) is 0 Å². The number of carbonyl (C=O) groups is 2. The summed E-state index contributed by atoms with van der Waals surface area (Å²) in [5.41, 5.74) is 0.235. The average molecular weight is 251 g/mol. The SMILES string of the molecule is C=C(C)C(=O)OC(C)OC(C)(Cl)OC(C)=O. The fraction of sp³-hybridized carbons (Fsp3) is 0.600. The van der Waals surface area contributed by atoms with Gasteiger partial charge >= 0.3 is 11.9 Å². The van der Waals surface area contributed by atoms with Gasteiger partial charge in [0.25, 0.3) is 5.25 Å². The second kappa shape index (κ2) is 5.86. The molecule has 0 aliphatic rings. The summed E-state index contributed by atoms with van der Waals surface area (Å²) in [5, 5.41) is -1.67. The van der Waals surface area contributed by atoms with Crippen LogP contribution in [0.2, 0.25) is 0 Å². The summed E-state index contributed by atoms with van der Waals surface area (Å²) >= 11 is 5.71. The molecule has 16 heavy (non-hydrogen) atoms. The zero-order valence-corrected chi connectivity index (χ0v) is 10.5. The molecule has 92 valence electrons. The van der Waals surface area contributed by atoms with Crippen molar-refractivity contribution in [1.82, 2.24) is 0 Å². The Morgan fingerprint density at radius 2 is 1.88 bits per heavy atom. The Bertz CT molecular complexity index is 298. The maximum Gasteiger partial charge on any atom is 0.335 e. The average Bonchev–Trinajstić information content (AvgIpc) is 1.98. The van der Waals surface area contributed by atoms with Crippen LogP contribution in [-0.4, -0.2) is 23.5 Å². The smallest absolute Gasteiger partial charge is 0.335 e. The molecule has 0 bridgehead atoms. The third-order valence-corrected chi connectivity index (χ3v) is 1.49. The number of hydrogen-bond acceptors (Lipinski definition) is 5. The molecule has 0 aromatic carbocycles. The first-order chi connectivity index (χ1) is 7.14. The lowest BCUT2D eigenvalue weighted by Crippen LogP contribution is -2.33. The van der Waals surface area contributed by atoms with E-state index in [4.69, 9.17) is 21.1 Å². The maximum absolute atomic E-state index is 11.1. The normalized spacial score (nSPS) is 15.8. The molecule has 6 heteroatoms. The Hall–Kier alpha value is -1.07. The number of halogens is 1. The van der Waals surface area contributed by atoms with Gasteiger partial charge in [-0.25, -0.2) is 4.79 Å². The summed E-state index contributed by atoms with van der Waals surface area (Å²) in [7, 11) is 0. The van der Waals surface area contributed by atoms with Gasteiger partial charge in [0.05, 0.1) is 0 Å². The molecular weight excluding hydrogens is 236 g/mol. The molecule has 0 saturated carbocycles. The molecule has 0 aromatic heterocycles. The molecule has 0 saturated heterocycles. The van der Waals surface area contributed by atoms with Crippen LogP contribution in [-0.2, 0) is 23.8 Å². The molecule has 2 atom stereocenters. The number of esters is 2. The maximum atomic E-state index is 11.1. The van der Waals surface area contributed by atoms with E-state index in [2.05, 4.69) is 11.3 Å². The van der Waals surface area contributed by atoms with Crippen LogP contribution in [0.15, 0.2) is 12.2 Å². The Balaban J connectivity index is 4.22. The predicted molar refractivity (Wildman–Crippen MR) is 57.5 cm³/mol. The van der Waals surface area contributed by atoms with E-state index < -0.39 is 23.5 Å². The van der Waals surface area contributed by atoms with Gasteiger partial charge in [0.15, 0.2) is 0 Å². The molecule has 0 N–H and O–H groups in total. The van der Waals surface area contributed by atoms with Gasteiger partial charge in [-0.3, -0.25) is 9.53 Å². The number of alkyl halides is 1. The van der Waals surface area contributed by atoms with Crippen molar-refractivity contribution < 1.29 is 23.8 Å². The molecule has 0 fully saturated rings.